The van der Waals surface area contributed by atoms with Crippen LogP contribution in [-0.2, 0) is 0 Å². The number of anilines is 1. The first-order valence-corrected chi connectivity index (χ1v) is 9.74. The van der Waals surface area contributed by atoms with Crippen molar-refractivity contribution in [2.45, 2.75) is 57.4 Å². The first-order chi connectivity index (χ1) is 14.1. The maximum absolute atomic E-state index is 15.0. The number of aromatic nitrogens is 6. The highest BCUT2D eigenvalue weighted by Crippen LogP contribution is 2.33. The number of phenolic OH excluding ortho intramolecular Hbond substituents is 1. The first-order valence-electron chi connectivity index (χ1n) is 9.74. The van der Waals surface area contributed by atoms with E-state index in [4.69, 9.17) is 0 Å². The quantitative estimate of drug-likeness (QED) is 0.516. The number of hydrogen-bond acceptors (Lipinski definition) is 8. The van der Waals surface area contributed by atoms with E-state index in [-0.39, 0.29) is 17.2 Å². The van der Waals surface area contributed by atoms with E-state index in [1.165, 1.54) is 6.20 Å². The number of nitrogens with zero attached hydrogens (tertiary/aromatic N) is 5. The van der Waals surface area contributed by atoms with Crippen molar-refractivity contribution < 1.29 is 9.50 Å². The molecule has 1 fully saturated rings. The van der Waals surface area contributed by atoms with Gasteiger partial charge in [-0.05, 0) is 46.2 Å². The lowest BCUT2D eigenvalue weighted by molar-refractivity contribution is 0.0654. The third kappa shape index (κ3) is 3.95. The summed E-state index contributed by atoms with van der Waals surface area (Å²) < 4.78 is 15.0. The summed E-state index contributed by atoms with van der Waals surface area (Å²) in [4.78, 5) is 4.28. The molecule has 158 valence electrons. The van der Waals surface area contributed by atoms with Crippen LogP contribution in [0.4, 0.5) is 10.3 Å². The number of hydrogen-bond donors (Lipinski definition) is 4. The molecule has 0 aliphatic carbocycles. The Morgan fingerprint density at radius 2 is 1.93 bits per heavy atom. The molecule has 0 amide bonds. The van der Waals surface area contributed by atoms with E-state index in [0.29, 0.717) is 28.9 Å². The predicted octanol–water partition coefficient (Wildman–Crippen LogP) is 2.70. The Kier molecular flexibility index (Phi) is 4.89. The molecule has 1 aliphatic rings. The summed E-state index contributed by atoms with van der Waals surface area (Å²) in [7, 11) is 0. The molecule has 30 heavy (non-hydrogen) atoms. The Morgan fingerprint density at radius 1 is 1.13 bits per heavy atom. The largest absolute Gasteiger partial charge is 0.507 e. The molecule has 2 unspecified atom stereocenters. The summed E-state index contributed by atoms with van der Waals surface area (Å²) in [6.07, 6.45) is 2.53. The Morgan fingerprint density at radius 3 is 2.57 bits per heavy atom. The number of phenols is 1. The smallest absolute Gasteiger partial charge is 0.243 e. The molecule has 0 radical (unpaired) electrons. The topological polar surface area (TPSA) is 125 Å². The predicted molar refractivity (Wildman–Crippen MR) is 111 cm³/mol. The maximum Gasteiger partial charge on any atom is 0.243 e. The summed E-state index contributed by atoms with van der Waals surface area (Å²) >= 11 is 0. The fourth-order valence-electron chi connectivity index (χ4n) is 4.15. The number of aromatic hydroxyl groups is 1. The minimum Gasteiger partial charge on any atom is -0.507 e. The average Bonchev–Trinajstić information content (AvgIpc) is 3.20. The summed E-state index contributed by atoms with van der Waals surface area (Å²) in [5.74, 6) is 0.275. The second-order valence-electron chi connectivity index (χ2n) is 8.84. The molecule has 1 aliphatic heterocycles. The van der Waals surface area contributed by atoms with Crippen LogP contribution in [0.2, 0.25) is 0 Å². The van der Waals surface area contributed by atoms with Crippen molar-refractivity contribution in [1.29, 1.82) is 0 Å². The Hall–Kier alpha value is -3.14. The van der Waals surface area contributed by atoms with Gasteiger partial charge in [-0.3, -0.25) is 0 Å². The number of H-pyrrole nitrogens is 1. The Balaban J connectivity index is 1.52. The highest BCUT2D eigenvalue weighted by molar-refractivity contribution is 5.72. The monoisotopic (exact) mass is 412 g/mol. The lowest BCUT2D eigenvalue weighted by Crippen LogP contribution is -2.67. The number of rotatable bonds is 4. The van der Waals surface area contributed by atoms with Gasteiger partial charge in [-0.25, -0.2) is 9.37 Å². The minimum atomic E-state index is -1.12. The van der Waals surface area contributed by atoms with Crippen LogP contribution in [0.1, 0.15) is 34.1 Å². The van der Waals surface area contributed by atoms with Crippen molar-refractivity contribution in [3.05, 3.63) is 30.6 Å². The molecule has 9 nitrogen and oxygen atoms in total. The van der Waals surface area contributed by atoms with Crippen LogP contribution < -0.4 is 10.6 Å². The van der Waals surface area contributed by atoms with E-state index in [2.05, 4.69) is 41.2 Å². The SMILES string of the molecule is CC1(C)CC(Nc2ncc(-c3ccc(-c4cn[nH]n4)cc3O)nn2)C(F)C(C)(C)N1. The number of piperidine rings is 1. The molecule has 1 saturated heterocycles. The molecule has 3 aromatic rings. The van der Waals surface area contributed by atoms with Crippen molar-refractivity contribution in [2.75, 3.05) is 5.32 Å². The molecule has 2 aromatic heterocycles. The molecule has 10 heteroatoms. The van der Waals surface area contributed by atoms with Crippen molar-refractivity contribution >= 4 is 5.95 Å². The molecule has 0 spiro atoms. The molecule has 4 rings (SSSR count). The zero-order chi connectivity index (χ0) is 21.5. The lowest BCUT2D eigenvalue weighted by atomic mass is 9.78. The van der Waals surface area contributed by atoms with Gasteiger partial charge in [0.25, 0.3) is 0 Å². The summed E-state index contributed by atoms with van der Waals surface area (Å²) in [6, 6.07) is 4.65. The lowest BCUT2D eigenvalue weighted by Gasteiger charge is -2.48. The van der Waals surface area contributed by atoms with Gasteiger partial charge in [-0.15, -0.1) is 10.2 Å². The van der Waals surface area contributed by atoms with Gasteiger partial charge in [-0.1, -0.05) is 6.07 Å². The zero-order valence-corrected chi connectivity index (χ0v) is 17.3. The highest BCUT2D eigenvalue weighted by atomic mass is 19.1. The average molecular weight is 412 g/mol. The van der Waals surface area contributed by atoms with Gasteiger partial charge in [0.2, 0.25) is 5.95 Å². The number of alkyl halides is 1. The van der Waals surface area contributed by atoms with Gasteiger partial charge < -0.3 is 15.7 Å². The van der Waals surface area contributed by atoms with Crippen molar-refractivity contribution in [3.8, 4) is 28.3 Å². The van der Waals surface area contributed by atoms with Crippen LogP contribution in [0.25, 0.3) is 22.5 Å². The standard InChI is InChI=1S/C20H25FN8O/c1-19(2)8-13(17(21)20(3,4)28-19)24-18-22-9-15(25-27-18)12-6-5-11(7-16(12)30)14-10-23-29-26-14/h5-7,9-10,13,17,28,30H,8H2,1-4H3,(H,22,24,27)(H,23,26,29). The van der Waals surface area contributed by atoms with Gasteiger partial charge in [0, 0.05) is 22.2 Å². The minimum absolute atomic E-state index is 0.0259. The highest BCUT2D eigenvalue weighted by Gasteiger charge is 2.46. The third-order valence-electron chi connectivity index (χ3n) is 5.29. The normalized spacial score (nSPS) is 22.6. The fourth-order valence-corrected chi connectivity index (χ4v) is 4.15. The molecule has 4 N–H and O–H groups in total. The molecule has 0 saturated carbocycles. The van der Waals surface area contributed by atoms with Crippen LogP contribution in [0.3, 0.4) is 0 Å². The second-order valence-corrected chi connectivity index (χ2v) is 8.84. The maximum atomic E-state index is 15.0. The van der Waals surface area contributed by atoms with Crippen LogP contribution in [0.15, 0.2) is 30.6 Å². The van der Waals surface area contributed by atoms with E-state index in [9.17, 15) is 9.50 Å². The second kappa shape index (κ2) is 7.28. The van der Waals surface area contributed by atoms with Crippen LogP contribution in [0, 0.1) is 0 Å². The van der Waals surface area contributed by atoms with E-state index >= 15 is 0 Å². The van der Waals surface area contributed by atoms with Crippen LogP contribution in [0.5, 0.6) is 5.75 Å². The van der Waals surface area contributed by atoms with Crippen LogP contribution >= 0.6 is 0 Å². The third-order valence-corrected chi connectivity index (χ3v) is 5.29. The summed E-state index contributed by atoms with van der Waals surface area (Å²) in [5, 5.41) is 35.4. The van der Waals surface area contributed by atoms with Gasteiger partial charge >= 0.3 is 0 Å². The number of benzene rings is 1. The van der Waals surface area contributed by atoms with Gasteiger partial charge in [0.1, 0.15) is 23.3 Å². The molecule has 3 heterocycles. The first kappa shape index (κ1) is 20.1. The Labute approximate surface area is 173 Å². The van der Waals surface area contributed by atoms with E-state index in [1.54, 1.807) is 24.4 Å². The van der Waals surface area contributed by atoms with E-state index in [1.807, 2.05) is 27.7 Å². The van der Waals surface area contributed by atoms with Gasteiger partial charge in [0.05, 0.1) is 18.4 Å². The van der Waals surface area contributed by atoms with Gasteiger partial charge in [-0.2, -0.15) is 15.4 Å². The van der Waals surface area contributed by atoms with Crippen molar-refractivity contribution in [3.63, 3.8) is 0 Å². The van der Waals surface area contributed by atoms with E-state index < -0.39 is 17.8 Å². The molecular weight excluding hydrogens is 387 g/mol. The number of aromatic amines is 1. The number of halogens is 1. The Bertz CT molecular complexity index is 1020. The summed E-state index contributed by atoms with van der Waals surface area (Å²) in [6.45, 7) is 7.79. The molecule has 1 aromatic carbocycles. The molecular formula is C20H25FN8O. The fraction of sp³-hybridized carbons (Fsp3) is 0.450. The molecule has 2 atom stereocenters. The molecule has 0 bridgehead atoms. The van der Waals surface area contributed by atoms with E-state index in [0.717, 1.165) is 0 Å². The van der Waals surface area contributed by atoms with Crippen LogP contribution in [-0.4, -0.2) is 59.0 Å². The van der Waals surface area contributed by atoms with Crippen molar-refractivity contribution in [1.82, 2.24) is 35.9 Å². The van der Waals surface area contributed by atoms with Gasteiger partial charge in [0.15, 0.2) is 0 Å². The zero-order valence-electron chi connectivity index (χ0n) is 17.3. The number of nitrogens with one attached hydrogen (secondary N) is 3. The van der Waals surface area contributed by atoms with Crippen molar-refractivity contribution in [2.24, 2.45) is 0 Å². The summed E-state index contributed by atoms with van der Waals surface area (Å²) in [5.41, 5.74) is 1.33.